The van der Waals surface area contributed by atoms with Crippen molar-refractivity contribution in [1.29, 1.82) is 0 Å². The van der Waals surface area contributed by atoms with Crippen LogP contribution in [0.3, 0.4) is 0 Å². The summed E-state index contributed by atoms with van der Waals surface area (Å²) in [6.07, 6.45) is 4.14. The molecule has 0 heterocycles. The van der Waals surface area contributed by atoms with Gasteiger partial charge in [-0.25, -0.2) is 8.42 Å². The minimum absolute atomic E-state index is 0.320. The summed E-state index contributed by atoms with van der Waals surface area (Å²) in [6, 6.07) is 7.10. The summed E-state index contributed by atoms with van der Waals surface area (Å²) in [5.74, 6) is 0.648. The SMILES string of the molecule is CS(=O)(=O)c1cccc(C2CCC(=O)CC2)c1. The number of carbonyl (C=O) groups excluding carboxylic acids is 1. The molecule has 0 saturated heterocycles. The molecule has 92 valence electrons. The lowest BCUT2D eigenvalue weighted by Gasteiger charge is -2.21. The number of ketones is 1. The minimum Gasteiger partial charge on any atom is -0.300 e. The summed E-state index contributed by atoms with van der Waals surface area (Å²) in [7, 11) is -3.14. The fourth-order valence-electron chi connectivity index (χ4n) is 2.27. The number of sulfone groups is 1. The maximum absolute atomic E-state index is 11.5. The number of rotatable bonds is 2. The first-order chi connectivity index (χ1) is 7.97. The van der Waals surface area contributed by atoms with Crippen LogP contribution in [-0.4, -0.2) is 20.5 Å². The van der Waals surface area contributed by atoms with Crippen LogP contribution in [0.25, 0.3) is 0 Å². The van der Waals surface area contributed by atoms with Gasteiger partial charge in [-0.2, -0.15) is 0 Å². The Labute approximate surface area is 102 Å². The molecule has 0 unspecified atom stereocenters. The molecular formula is C13H16O3S. The predicted octanol–water partition coefficient (Wildman–Crippen LogP) is 2.32. The van der Waals surface area contributed by atoms with Crippen molar-refractivity contribution in [3.8, 4) is 0 Å². The first kappa shape index (κ1) is 12.3. The highest BCUT2D eigenvalue weighted by Crippen LogP contribution is 2.32. The zero-order valence-corrected chi connectivity index (χ0v) is 10.7. The lowest BCUT2D eigenvalue weighted by Crippen LogP contribution is -2.12. The normalized spacial score (nSPS) is 18.3. The standard InChI is InChI=1S/C13H16O3S/c1-17(15,16)13-4-2-3-11(9-13)10-5-7-12(14)8-6-10/h2-4,9-10H,5-8H2,1H3. The van der Waals surface area contributed by atoms with Crippen molar-refractivity contribution in [3.05, 3.63) is 29.8 Å². The van der Waals surface area contributed by atoms with Crippen LogP contribution in [0.2, 0.25) is 0 Å². The molecule has 3 nitrogen and oxygen atoms in total. The van der Waals surface area contributed by atoms with Gasteiger partial charge in [-0.15, -0.1) is 0 Å². The Balaban J connectivity index is 2.25. The van der Waals surface area contributed by atoms with Crippen LogP contribution >= 0.6 is 0 Å². The molecule has 17 heavy (non-hydrogen) atoms. The molecule has 0 amide bonds. The molecule has 0 N–H and O–H groups in total. The fourth-order valence-corrected chi connectivity index (χ4v) is 2.95. The molecule has 0 aromatic heterocycles. The highest BCUT2D eigenvalue weighted by molar-refractivity contribution is 7.90. The third-order valence-corrected chi connectivity index (χ3v) is 4.41. The second-order valence-corrected chi connectivity index (χ2v) is 6.67. The number of hydrogen-bond donors (Lipinski definition) is 0. The van der Waals surface area contributed by atoms with Gasteiger partial charge in [-0.3, -0.25) is 4.79 Å². The summed E-state index contributed by atoms with van der Waals surface area (Å²) in [4.78, 5) is 11.5. The average molecular weight is 252 g/mol. The van der Waals surface area contributed by atoms with Gasteiger partial charge in [0.05, 0.1) is 4.90 Å². The third-order valence-electron chi connectivity index (χ3n) is 3.30. The maximum Gasteiger partial charge on any atom is 0.175 e. The molecule has 1 aliphatic rings. The van der Waals surface area contributed by atoms with Gasteiger partial charge in [0.2, 0.25) is 0 Å². The fraction of sp³-hybridized carbons (Fsp3) is 0.462. The first-order valence-corrected chi connectivity index (χ1v) is 7.67. The molecule has 0 spiro atoms. The lowest BCUT2D eigenvalue weighted by atomic mass is 9.83. The van der Waals surface area contributed by atoms with Gasteiger partial charge in [-0.1, -0.05) is 12.1 Å². The number of benzene rings is 1. The summed E-state index contributed by atoms with van der Waals surface area (Å²) in [5.41, 5.74) is 1.04. The lowest BCUT2D eigenvalue weighted by molar-refractivity contribution is -0.120. The predicted molar refractivity (Wildman–Crippen MR) is 65.8 cm³/mol. The van der Waals surface area contributed by atoms with E-state index in [1.165, 1.54) is 6.26 Å². The van der Waals surface area contributed by atoms with Crippen LogP contribution in [0.15, 0.2) is 29.2 Å². The Bertz CT molecular complexity index is 521. The largest absolute Gasteiger partial charge is 0.300 e. The van der Waals surface area contributed by atoms with Crippen molar-refractivity contribution >= 4 is 15.6 Å². The highest BCUT2D eigenvalue weighted by atomic mass is 32.2. The molecule has 1 aliphatic carbocycles. The number of hydrogen-bond acceptors (Lipinski definition) is 3. The Morgan fingerprint density at radius 2 is 1.82 bits per heavy atom. The van der Waals surface area contributed by atoms with E-state index in [4.69, 9.17) is 0 Å². The Morgan fingerprint density at radius 1 is 1.18 bits per heavy atom. The Hall–Kier alpha value is -1.16. The van der Waals surface area contributed by atoms with Crippen LogP contribution < -0.4 is 0 Å². The Kier molecular flexibility index (Phi) is 3.33. The third kappa shape index (κ3) is 2.94. The van der Waals surface area contributed by atoms with Gasteiger partial charge in [0.1, 0.15) is 5.78 Å². The van der Waals surface area contributed by atoms with Crippen LogP contribution in [0.5, 0.6) is 0 Å². The van der Waals surface area contributed by atoms with Crippen molar-refractivity contribution in [2.75, 3.05) is 6.26 Å². The topological polar surface area (TPSA) is 51.2 Å². The number of Topliss-reactive ketones (excluding diaryl/α,β-unsaturated/α-hetero) is 1. The van der Waals surface area contributed by atoms with Gasteiger partial charge >= 0.3 is 0 Å². The zero-order chi connectivity index (χ0) is 12.5. The van der Waals surface area contributed by atoms with Crippen LogP contribution in [0.4, 0.5) is 0 Å². The molecule has 0 aliphatic heterocycles. The second kappa shape index (κ2) is 4.61. The van der Waals surface area contributed by atoms with Crippen molar-refractivity contribution in [2.45, 2.75) is 36.5 Å². The van der Waals surface area contributed by atoms with Crippen molar-refractivity contribution < 1.29 is 13.2 Å². The first-order valence-electron chi connectivity index (χ1n) is 5.78. The number of carbonyl (C=O) groups is 1. The molecule has 0 bridgehead atoms. The van der Waals surface area contributed by atoms with Crippen LogP contribution in [0.1, 0.15) is 37.2 Å². The van der Waals surface area contributed by atoms with Gasteiger partial charge in [0, 0.05) is 19.1 Å². The summed E-state index contributed by atoms with van der Waals surface area (Å²) in [6.45, 7) is 0. The molecular weight excluding hydrogens is 236 g/mol. The van der Waals surface area contributed by atoms with E-state index in [0.29, 0.717) is 29.4 Å². The van der Waals surface area contributed by atoms with E-state index in [2.05, 4.69) is 0 Å². The van der Waals surface area contributed by atoms with Crippen molar-refractivity contribution in [2.24, 2.45) is 0 Å². The van der Waals surface area contributed by atoms with E-state index in [-0.39, 0.29) is 0 Å². The molecule has 1 saturated carbocycles. The van der Waals surface area contributed by atoms with E-state index in [0.717, 1.165) is 18.4 Å². The Morgan fingerprint density at radius 3 is 2.41 bits per heavy atom. The van der Waals surface area contributed by atoms with Crippen molar-refractivity contribution in [3.63, 3.8) is 0 Å². The zero-order valence-electron chi connectivity index (χ0n) is 9.85. The molecule has 1 aromatic carbocycles. The molecule has 1 fully saturated rings. The molecule has 0 atom stereocenters. The van der Waals surface area contributed by atoms with E-state index < -0.39 is 9.84 Å². The van der Waals surface area contributed by atoms with Crippen LogP contribution in [-0.2, 0) is 14.6 Å². The summed E-state index contributed by atoms with van der Waals surface area (Å²) < 4.78 is 22.9. The van der Waals surface area contributed by atoms with Gasteiger partial charge in [0.15, 0.2) is 9.84 Å². The van der Waals surface area contributed by atoms with E-state index >= 15 is 0 Å². The van der Waals surface area contributed by atoms with Gasteiger partial charge < -0.3 is 0 Å². The van der Waals surface area contributed by atoms with Crippen molar-refractivity contribution in [1.82, 2.24) is 0 Å². The summed E-state index contributed by atoms with van der Waals surface area (Å²) >= 11 is 0. The second-order valence-electron chi connectivity index (χ2n) is 4.66. The monoisotopic (exact) mass is 252 g/mol. The molecule has 2 rings (SSSR count). The van der Waals surface area contributed by atoms with E-state index in [1.54, 1.807) is 18.2 Å². The quantitative estimate of drug-likeness (QED) is 0.811. The van der Waals surface area contributed by atoms with Gasteiger partial charge in [-0.05, 0) is 36.5 Å². The highest BCUT2D eigenvalue weighted by Gasteiger charge is 2.21. The maximum atomic E-state index is 11.5. The molecule has 0 radical (unpaired) electrons. The van der Waals surface area contributed by atoms with E-state index in [9.17, 15) is 13.2 Å². The molecule has 1 aromatic rings. The minimum atomic E-state index is -3.14. The van der Waals surface area contributed by atoms with Gasteiger partial charge in [0.25, 0.3) is 0 Å². The summed E-state index contributed by atoms with van der Waals surface area (Å²) in [5, 5.41) is 0. The van der Waals surface area contributed by atoms with E-state index in [1.807, 2.05) is 6.07 Å². The smallest absolute Gasteiger partial charge is 0.175 e. The molecule has 4 heteroatoms. The van der Waals surface area contributed by atoms with Crippen LogP contribution in [0, 0.1) is 0 Å². The average Bonchev–Trinajstić information content (AvgIpc) is 2.29.